The van der Waals surface area contributed by atoms with Gasteiger partial charge in [0, 0.05) is 11.1 Å². The number of halogens is 2. The lowest BCUT2D eigenvalue weighted by Gasteiger charge is -2.30. The molecule has 3 aromatic rings. The van der Waals surface area contributed by atoms with Crippen LogP contribution in [0.1, 0.15) is 57.0 Å². The van der Waals surface area contributed by atoms with E-state index in [4.69, 9.17) is 32.4 Å². The van der Waals surface area contributed by atoms with Crippen LogP contribution in [0.15, 0.2) is 65.3 Å². The lowest BCUT2D eigenvalue weighted by atomic mass is 9.81. The van der Waals surface area contributed by atoms with Gasteiger partial charge in [0.15, 0.2) is 5.78 Å². The van der Waals surface area contributed by atoms with Crippen molar-refractivity contribution in [1.29, 1.82) is 0 Å². The summed E-state index contributed by atoms with van der Waals surface area (Å²) in [5, 5.41) is 2.04. The van der Waals surface area contributed by atoms with Gasteiger partial charge in [-0.05, 0) is 67.4 Å². The largest absolute Gasteiger partial charge is 0.457 e. The number of carbonyl (C=O) groups excluding carboxylic acids is 5. The second-order valence-corrected chi connectivity index (χ2v) is 10.1. The minimum Gasteiger partial charge on any atom is -0.457 e. The van der Waals surface area contributed by atoms with E-state index in [1.807, 2.05) is 0 Å². The summed E-state index contributed by atoms with van der Waals surface area (Å²) in [7, 11) is 0. The molecule has 0 N–H and O–H groups in total. The van der Waals surface area contributed by atoms with Crippen molar-refractivity contribution >= 4 is 52.7 Å². The van der Waals surface area contributed by atoms with Gasteiger partial charge in [-0.3, -0.25) is 19.2 Å². The van der Waals surface area contributed by atoms with Crippen molar-refractivity contribution in [2.75, 3.05) is 6.54 Å². The lowest BCUT2D eigenvalue weighted by molar-refractivity contribution is -0.154. The Bertz CT molecular complexity index is 1430. The first-order chi connectivity index (χ1) is 18.7. The molecule has 11 heteroatoms. The van der Waals surface area contributed by atoms with E-state index >= 15 is 0 Å². The molecule has 1 aliphatic heterocycles. The molecule has 1 aromatic heterocycles. The Labute approximate surface area is 233 Å². The van der Waals surface area contributed by atoms with Gasteiger partial charge in [-0.15, -0.1) is 0 Å². The number of fused-ring (bicyclic) bond motifs is 1. The quantitative estimate of drug-likeness (QED) is 0.166. The standard InChI is InChI=1S/C28H22Cl2N2O7/c29-21-12-9-17(14-22(21)30)25(34)31(32-26(35)19-4-1-2-5-20(19)27(32)36)15-23(33)16-7-10-18(11-8-16)39-28(37)24-6-3-13-38-24/h3,6-14,19-20H,1-2,4-5,15H2/t19-,20-/m0/s1. The van der Waals surface area contributed by atoms with Crippen LogP contribution in [0.25, 0.3) is 0 Å². The summed E-state index contributed by atoms with van der Waals surface area (Å²) in [5.41, 5.74) is 0.240. The second-order valence-electron chi connectivity index (χ2n) is 9.29. The van der Waals surface area contributed by atoms with Crippen LogP contribution in [0.3, 0.4) is 0 Å². The highest BCUT2D eigenvalue weighted by molar-refractivity contribution is 6.42. The van der Waals surface area contributed by atoms with Crippen molar-refractivity contribution in [1.82, 2.24) is 10.0 Å². The predicted octanol–water partition coefficient (Wildman–Crippen LogP) is 5.22. The molecule has 0 bridgehead atoms. The van der Waals surface area contributed by atoms with Crippen molar-refractivity contribution in [3.63, 3.8) is 0 Å². The first-order valence-corrected chi connectivity index (χ1v) is 13.0. The molecule has 0 spiro atoms. The van der Waals surface area contributed by atoms with Crippen molar-refractivity contribution in [2.45, 2.75) is 25.7 Å². The van der Waals surface area contributed by atoms with Crippen molar-refractivity contribution in [2.24, 2.45) is 11.8 Å². The highest BCUT2D eigenvalue weighted by Crippen LogP contribution is 2.39. The van der Waals surface area contributed by atoms with Crippen LogP contribution in [0.4, 0.5) is 0 Å². The summed E-state index contributed by atoms with van der Waals surface area (Å²) >= 11 is 12.1. The molecule has 2 aliphatic rings. The normalized spacial score (nSPS) is 18.6. The van der Waals surface area contributed by atoms with Gasteiger partial charge in [-0.1, -0.05) is 36.0 Å². The van der Waals surface area contributed by atoms with Crippen molar-refractivity contribution in [3.05, 3.63) is 87.8 Å². The number of carbonyl (C=O) groups is 5. The highest BCUT2D eigenvalue weighted by atomic mass is 35.5. The Kier molecular flexibility index (Phi) is 7.54. The van der Waals surface area contributed by atoms with Gasteiger partial charge < -0.3 is 9.15 Å². The van der Waals surface area contributed by atoms with Crippen molar-refractivity contribution < 1.29 is 33.1 Å². The molecule has 5 rings (SSSR count). The first-order valence-electron chi connectivity index (χ1n) is 12.3. The van der Waals surface area contributed by atoms with Gasteiger partial charge >= 0.3 is 5.97 Å². The number of rotatable bonds is 7. The minimum absolute atomic E-state index is 0.0205. The molecule has 2 heterocycles. The molecule has 0 radical (unpaired) electrons. The maximum absolute atomic E-state index is 13.6. The van der Waals surface area contributed by atoms with Gasteiger partial charge in [-0.2, -0.15) is 5.01 Å². The third-order valence-corrected chi connectivity index (χ3v) is 7.60. The number of amides is 3. The van der Waals surface area contributed by atoms with E-state index in [0.29, 0.717) is 12.8 Å². The van der Waals surface area contributed by atoms with Crippen LogP contribution in [-0.4, -0.2) is 46.0 Å². The molecule has 2 fully saturated rings. The van der Waals surface area contributed by atoms with Crippen molar-refractivity contribution in [3.8, 4) is 5.75 Å². The fraction of sp³-hybridized carbons (Fsp3) is 0.250. The summed E-state index contributed by atoms with van der Waals surface area (Å²) in [6.07, 6.45) is 4.06. The highest BCUT2D eigenvalue weighted by Gasteiger charge is 2.51. The number of ketones is 1. The zero-order chi connectivity index (χ0) is 27.7. The predicted molar refractivity (Wildman–Crippen MR) is 139 cm³/mol. The summed E-state index contributed by atoms with van der Waals surface area (Å²) in [6, 6.07) is 12.8. The fourth-order valence-corrected chi connectivity index (χ4v) is 5.18. The number of nitrogens with zero attached hydrogens (tertiary/aromatic N) is 2. The molecule has 3 amide bonds. The Morgan fingerprint density at radius 2 is 1.54 bits per heavy atom. The van der Waals surface area contributed by atoms with Crippen LogP contribution in [0.5, 0.6) is 5.75 Å². The number of furan rings is 1. The molecule has 1 aliphatic carbocycles. The summed E-state index contributed by atoms with van der Waals surface area (Å²) in [4.78, 5) is 65.6. The smallest absolute Gasteiger partial charge is 0.379 e. The third kappa shape index (κ3) is 5.32. The SMILES string of the molecule is O=C(CN(C(=O)c1ccc(Cl)c(Cl)c1)N1C(=O)[C@H]2CCCC[C@@H]2C1=O)c1ccc(OC(=O)c2ccco2)cc1. The van der Waals surface area contributed by atoms with Gasteiger partial charge in [0.2, 0.25) is 5.76 Å². The maximum atomic E-state index is 13.6. The summed E-state index contributed by atoms with van der Waals surface area (Å²) < 4.78 is 10.2. The van der Waals surface area contributed by atoms with Crippen LogP contribution >= 0.6 is 23.2 Å². The molecule has 9 nitrogen and oxygen atoms in total. The molecule has 1 saturated carbocycles. The number of hydrogen-bond acceptors (Lipinski definition) is 7. The first kappa shape index (κ1) is 26.6. The van der Waals surface area contributed by atoms with Crippen LogP contribution < -0.4 is 4.74 Å². The number of hydrogen-bond donors (Lipinski definition) is 0. The van der Waals surface area contributed by atoms with E-state index in [1.165, 1.54) is 54.8 Å². The molecule has 0 unspecified atom stereocenters. The van der Waals surface area contributed by atoms with Gasteiger partial charge in [-0.25, -0.2) is 9.80 Å². The molecule has 2 aromatic carbocycles. The van der Waals surface area contributed by atoms with E-state index in [2.05, 4.69) is 0 Å². The number of Topliss-reactive ketones (excluding diaryl/α,β-unsaturated/α-hetero) is 1. The van der Waals surface area contributed by atoms with Crippen LogP contribution in [0.2, 0.25) is 10.0 Å². The molecule has 39 heavy (non-hydrogen) atoms. The summed E-state index contributed by atoms with van der Waals surface area (Å²) in [5.74, 6) is -3.82. The molecule has 2 atom stereocenters. The third-order valence-electron chi connectivity index (χ3n) is 6.86. The minimum atomic E-state index is -0.744. The average Bonchev–Trinajstić information content (AvgIpc) is 3.57. The summed E-state index contributed by atoms with van der Waals surface area (Å²) in [6.45, 7) is -0.582. The van der Waals surface area contributed by atoms with Gasteiger partial charge in [0.05, 0.1) is 28.1 Å². The van der Waals surface area contributed by atoms with Gasteiger partial charge in [0.25, 0.3) is 17.7 Å². The van der Waals surface area contributed by atoms with E-state index in [1.54, 1.807) is 6.07 Å². The zero-order valence-corrected chi connectivity index (χ0v) is 22.0. The Hall–Kier alpha value is -3.95. The molecular formula is C28H22Cl2N2O7. The van der Waals surface area contributed by atoms with E-state index < -0.39 is 47.9 Å². The second kappa shape index (κ2) is 11.0. The van der Waals surface area contributed by atoms with E-state index in [9.17, 15) is 24.0 Å². The zero-order valence-electron chi connectivity index (χ0n) is 20.5. The average molecular weight is 569 g/mol. The van der Waals surface area contributed by atoms with Crippen LogP contribution in [-0.2, 0) is 9.59 Å². The Balaban J connectivity index is 1.40. The number of ether oxygens (including phenoxy) is 1. The molecule has 200 valence electrons. The van der Waals surface area contributed by atoms with Crippen LogP contribution in [0, 0.1) is 11.8 Å². The number of benzene rings is 2. The Morgan fingerprint density at radius 3 is 2.13 bits per heavy atom. The monoisotopic (exact) mass is 568 g/mol. The van der Waals surface area contributed by atoms with E-state index in [-0.39, 0.29) is 32.7 Å². The topological polar surface area (TPSA) is 114 Å². The molecular weight excluding hydrogens is 547 g/mol. The molecule has 1 saturated heterocycles. The van der Waals surface area contributed by atoms with E-state index in [0.717, 1.165) is 22.9 Å². The lowest BCUT2D eigenvalue weighted by Crippen LogP contribution is -2.52. The number of esters is 1. The number of imide groups is 1. The number of hydrazine groups is 1. The maximum Gasteiger partial charge on any atom is 0.379 e. The fourth-order valence-electron chi connectivity index (χ4n) is 4.88. The Morgan fingerprint density at radius 1 is 0.897 bits per heavy atom. The van der Waals surface area contributed by atoms with Gasteiger partial charge in [0.1, 0.15) is 12.3 Å².